The number of aromatic amines is 1. The summed E-state index contributed by atoms with van der Waals surface area (Å²) in [6.07, 6.45) is 10.1. The van der Waals surface area contributed by atoms with Crippen molar-refractivity contribution in [3.05, 3.63) is 47.8 Å². The van der Waals surface area contributed by atoms with Crippen molar-refractivity contribution in [2.45, 2.75) is 107 Å². The predicted molar refractivity (Wildman–Crippen MR) is 167 cm³/mol. The Morgan fingerprint density at radius 2 is 1.82 bits per heavy atom. The van der Waals surface area contributed by atoms with E-state index in [4.69, 9.17) is 4.74 Å². The van der Waals surface area contributed by atoms with E-state index in [2.05, 4.69) is 20.1 Å². The summed E-state index contributed by atoms with van der Waals surface area (Å²) in [6.45, 7) is 2.57. The maximum atomic E-state index is 16.4. The number of aromatic nitrogens is 1. The summed E-state index contributed by atoms with van der Waals surface area (Å²) in [4.78, 5) is 50.2. The molecule has 9 nitrogen and oxygen atoms in total. The van der Waals surface area contributed by atoms with E-state index in [9.17, 15) is 14.4 Å². The Hall–Kier alpha value is -3.24. The number of piperidine rings is 1. The third-order valence-electron chi connectivity index (χ3n) is 11.4. The third-order valence-corrected chi connectivity index (χ3v) is 11.4. The molecule has 45 heavy (non-hydrogen) atoms. The van der Waals surface area contributed by atoms with Gasteiger partial charge in [0.05, 0.1) is 42.3 Å². The highest BCUT2D eigenvalue weighted by molar-refractivity contribution is 6.20. The molecule has 4 aliphatic heterocycles. The molecule has 0 bridgehead atoms. The molecule has 6 aliphatic rings. The van der Waals surface area contributed by atoms with Crippen molar-refractivity contribution in [2.24, 2.45) is 5.92 Å². The number of ketones is 1. The smallest absolute Gasteiger partial charge is 0.258 e. The molecule has 5 heterocycles. The van der Waals surface area contributed by atoms with Gasteiger partial charge in [-0.2, -0.15) is 0 Å². The number of benzene rings is 1. The maximum Gasteiger partial charge on any atom is 0.258 e. The van der Waals surface area contributed by atoms with Gasteiger partial charge in [-0.25, -0.2) is 4.39 Å². The van der Waals surface area contributed by atoms with Gasteiger partial charge in [-0.15, -0.1) is 0 Å². The van der Waals surface area contributed by atoms with Crippen molar-refractivity contribution in [1.29, 1.82) is 0 Å². The molecule has 3 saturated heterocycles. The number of amides is 2. The molecule has 0 spiro atoms. The van der Waals surface area contributed by atoms with Crippen LogP contribution in [0.25, 0.3) is 10.9 Å². The van der Waals surface area contributed by atoms with Crippen molar-refractivity contribution >= 4 is 28.5 Å². The molecule has 2 aromatic rings. The number of hydrogen-bond acceptors (Lipinski definition) is 6. The van der Waals surface area contributed by atoms with Crippen LogP contribution in [0, 0.1) is 5.92 Å². The minimum Gasteiger partial charge on any atom is -0.369 e. The number of H-pyrrole nitrogens is 1. The lowest BCUT2D eigenvalue weighted by Gasteiger charge is -2.60. The Labute approximate surface area is 263 Å². The van der Waals surface area contributed by atoms with Crippen LogP contribution >= 0.6 is 0 Å². The molecule has 2 aliphatic carbocycles. The number of morpholine rings is 1. The summed E-state index contributed by atoms with van der Waals surface area (Å²) in [5.74, 6) is -1.02. The lowest BCUT2D eigenvalue weighted by Crippen LogP contribution is -2.73. The van der Waals surface area contributed by atoms with Gasteiger partial charge in [-0.05, 0) is 56.6 Å². The molecule has 1 aromatic carbocycles. The van der Waals surface area contributed by atoms with E-state index in [0.717, 1.165) is 67.8 Å². The molecule has 240 valence electrons. The number of fused-ring (bicyclic) bond motifs is 3. The highest BCUT2D eigenvalue weighted by Gasteiger charge is 2.60. The van der Waals surface area contributed by atoms with Gasteiger partial charge in [0.2, 0.25) is 5.91 Å². The highest BCUT2D eigenvalue weighted by Crippen LogP contribution is 2.47. The first kappa shape index (κ1) is 29.2. The van der Waals surface area contributed by atoms with Gasteiger partial charge in [0.1, 0.15) is 6.17 Å². The molecule has 8 atom stereocenters. The third kappa shape index (κ3) is 5.18. The number of carbonyl (C=O) groups is 3. The van der Waals surface area contributed by atoms with E-state index in [0.29, 0.717) is 26.2 Å². The normalized spacial score (nSPS) is 35.1. The van der Waals surface area contributed by atoms with Gasteiger partial charge >= 0.3 is 0 Å². The number of halogens is 1. The van der Waals surface area contributed by atoms with Crippen molar-refractivity contribution in [3.8, 4) is 0 Å². The summed E-state index contributed by atoms with van der Waals surface area (Å²) in [7, 11) is 0. The Kier molecular flexibility index (Phi) is 7.68. The van der Waals surface area contributed by atoms with Gasteiger partial charge in [-0.1, -0.05) is 31.0 Å². The van der Waals surface area contributed by atoms with Crippen LogP contribution in [0.3, 0.4) is 0 Å². The second-order valence-electron chi connectivity index (χ2n) is 14.1. The van der Waals surface area contributed by atoms with E-state index in [1.807, 2.05) is 41.6 Å². The number of rotatable bonds is 5. The minimum atomic E-state index is -1.26. The molecular formula is C35H44FN5O4. The number of alkyl halides is 1. The highest BCUT2D eigenvalue weighted by atomic mass is 19.1. The lowest BCUT2D eigenvalue weighted by atomic mass is 9.69. The van der Waals surface area contributed by atoms with Crippen LogP contribution in [-0.4, -0.2) is 106 Å². The fraction of sp³-hybridized carbons (Fsp3) is 0.629. The number of para-hydroxylation sites is 1. The average molecular weight is 618 g/mol. The maximum absolute atomic E-state index is 16.4. The van der Waals surface area contributed by atoms with Gasteiger partial charge in [0, 0.05) is 61.4 Å². The van der Waals surface area contributed by atoms with Gasteiger partial charge in [0.25, 0.3) is 5.91 Å². The second kappa shape index (κ2) is 11.8. The molecule has 2 amide bonds. The fourth-order valence-corrected chi connectivity index (χ4v) is 9.32. The molecule has 0 radical (unpaired) electrons. The molecular weight excluding hydrogens is 573 g/mol. The first-order valence-electron chi connectivity index (χ1n) is 17.2. The van der Waals surface area contributed by atoms with Gasteiger partial charge < -0.3 is 24.8 Å². The minimum absolute atomic E-state index is 0.0360. The van der Waals surface area contributed by atoms with Gasteiger partial charge in [0.15, 0.2) is 5.78 Å². The SMILES string of the molecule is O=C(Cc1c[nH]c2ccccc12)NC1CCN(C2C(F)CC3C(=O)C(C(=O)N4CCCCC4)=CN4C5CCCCC5OC2C34)C1. The van der Waals surface area contributed by atoms with Crippen molar-refractivity contribution in [1.82, 2.24) is 25.0 Å². The summed E-state index contributed by atoms with van der Waals surface area (Å²) < 4.78 is 23.3. The quantitative estimate of drug-likeness (QED) is 0.499. The standard InChI is InChI=1S/C35H44FN5O4/c36-26-17-24-31-34(32(26)40-15-12-22(19-40)38-30(42)16-21-18-37-27-9-3-2-8-23(21)27)45-29-11-5-4-10-28(29)41(31)20-25(33(24)43)35(44)39-13-6-1-7-14-39/h2-3,8-9,18,20,22,24,26,28-29,31-32,34,37H,1,4-7,10-17,19H2,(H,38,42). The Morgan fingerprint density at radius 3 is 2.69 bits per heavy atom. The molecule has 10 heteroatoms. The molecule has 2 N–H and O–H groups in total. The van der Waals surface area contributed by atoms with Crippen LogP contribution in [-0.2, 0) is 25.5 Å². The molecule has 1 aromatic heterocycles. The molecule has 5 fully saturated rings. The predicted octanol–water partition coefficient (Wildman–Crippen LogP) is 3.49. The summed E-state index contributed by atoms with van der Waals surface area (Å²) in [5, 5.41) is 4.26. The molecule has 8 rings (SSSR count). The summed E-state index contributed by atoms with van der Waals surface area (Å²) in [6, 6.07) is 7.23. The van der Waals surface area contributed by atoms with Gasteiger partial charge in [-0.3, -0.25) is 19.3 Å². The monoisotopic (exact) mass is 617 g/mol. The van der Waals surface area contributed by atoms with Crippen LogP contribution in [0.15, 0.2) is 42.2 Å². The Balaban J connectivity index is 1.01. The molecule has 8 unspecified atom stereocenters. The Morgan fingerprint density at radius 1 is 1.00 bits per heavy atom. The number of likely N-dealkylation sites (tertiary alicyclic amines) is 2. The van der Waals surface area contributed by atoms with Crippen LogP contribution in [0.4, 0.5) is 4.39 Å². The molecule has 2 saturated carbocycles. The van der Waals surface area contributed by atoms with Crippen molar-refractivity contribution in [2.75, 3.05) is 26.2 Å². The second-order valence-corrected chi connectivity index (χ2v) is 14.1. The van der Waals surface area contributed by atoms with Crippen LogP contribution < -0.4 is 5.32 Å². The number of hydrogen-bond donors (Lipinski definition) is 2. The topological polar surface area (TPSA) is 98.0 Å². The first-order valence-corrected chi connectivity index (χ1v) is 17.2. The van der Waals surface area contributed by atoms with Crippen LogP contribution in [0.1, 0.15) is 63.4 Å². The number of Topliss-reactive ketones (excluding diaryl/α,β-unsaturated/α-hetero) is 1. The van der Waals surface area contributed by atoms with E-state index >= 15 is 4.39 Å². The largest absolute Gasteiger partial charge is 0.369 e. The summed E-state index contributed by atoms with van der Waals surface area (Å²) >= 11 is 0. The van der Waals surface area contributed by atoms with Crippen molar-refractivity contribution in [3.63, 3.8) is 0 Å². The lowest BCUT2D eigenvalue weighted by molar-refractivity contribution is -0.210. The first-order chi connectivity index (χ1) is 22.0. The number of ether oxygens (including phenoxy) is 1. The fourth-order valence-electron chi connectivity index (χ4n) is 9.32. The zero-order chi connectivity index (χ0) is 30.7. The van der Waals surface area contributed by atoms with Crippen LogP contribution in [0.2, 0.25) is 0 Å². The Bertz CT molecular complexity index is 1500. The number of carbonyl (C=O) groups excluding carboxylic acids is 3. The van der Waals surface area contributed by atoms with Crippen molar-refractivity contribution < 1.29 is 23.5 Å². The van der Waals surface area contributed by atoms with E-state index < -0.39 is 24.2 Å². The average Bonchev–Trinajstić information content (AvgIpc) is 3.69. The number of nitrogens with one attached hydrogen (secondary N) is 2. The summed E-state index contributed by atoms with van der Waals surface area (Å²) in [5.41, 5.74) is 2.22. The zero-order valence-electron chi connectivity index (χ0n) is 25.8. The van der Waals surface area contributed by atoms with E-state index in [1.54, 1.807) is 0 Å². The van der Waals surface area contributed by atoms with E-state index in [1.165, 1.54) is 0 Å². The van der Waals surface area contributed by atoms with E-state index in [-0.39, 0.29) is 60.2 Å². The number of nitrogens with zero attached hydrogens (tertiary/aromatic N) is 3. The van der Waals surface area contributed by atoms with Crippen LogP contribution in [0.5, 0.6) is 0 Å². The zero-order valence-corrected chi connectivity index (χ0v) is 25.8.